The molecule has 0 radical (unpaired) electrons. The van der Waals surface area contributed by atoms with Crippen LogP contribution in [0.5, 0.6) is 17.2 Å². The second-order valence-electron chi connectivity index (χ2n) is 10.4. The molecule has 1 aliphatic carbocycles. The van der Waals surface area contributed by atoms with Crippen molar-refractivity contribution >= 4 is 40.5 Å². The molecule has 2 aromatic carbocycles. The minimum absolute atomic E-state index is 0.0928. The molecule has 2 aromatic rings. The molecule has 2 amide bonds. The van der Waals surface area contributed by atoms with Crippen molar-refractivity contribution < 1.29 is 28.9 Å². The van der Waals surface area contributed by atoms with E-state index in [0.717, 1.165) is 45.3 Å². The van der Waals surface area contributed by atoms with Crippen LogP contribution in [0.4, 0.5) is 0 Å². The van der Waals surface area contributed by atoms with Gasteiger partial charge in [0.1, 0.15) is 12.4 Å². The first kappa shape index (κ1) is 27.7. The Balaban J connectivity index is 1.39. The van der Waals surface area contributed by atoms with E-state index in [0.29, 0.717) is 25.4 Å². The third kappa shape index (κ3) is 5.45. The van der Waals surface area contributed by atoms with Gasteiger partial charge in [-0.25, -0.2) is 0 Å². The quantitative estimate of drug-likeness (QED) is 0.218. The fraction of sp³-hybridized carbons (Fsp3) is 0.419. The van der Waals surface area contributed by atoms with Gasteiger partial charge in [-0.05, 0) is 89.2 Å². The molecule has 2 aliphatic heterocycles. The average Bonchev–Trinajstić information content (AvgIpc) is 3.46. The molecule has 0 bridgehead atoms. The maximum atomic E-state index is 13.1. The molecule has 39 heavy (non-hydrogen) atoms. The van der Waals surface area contributed by atoms with Crippen LogP contribution in [0.25, 0.3) is 6.08 Å². The second-order valence-corrected chi connectivity index (χ2v) is 11.6. The van der Waals surface area contributed by atoms with Crippen LogP contribution < -0.4 is 9.47 Å². The van der Waals surface area contributed by atoms with E-state index >= 15 is 0 Å². The lowest BCUT2D eigenvalue weighted by molar-refractivity contribution is -0.138. The second kappa shape index (κ2) is 11.7. The number of phenols is 1. The molecule has 206 valence electrons. The molecule has 8 heteroatoms. The molecule has 3 aliphatic rings. The van der Waals surface area contributed by atoms with Crippen molar-refractivity contribution in [3.8, 4) is 17.2 Å². The summed E-state index contributed by atoms with van der Waals surface area (Å²) in [6.07, 6.45) is 5.04. The summed E-state index contributed by atoms with van der Waals surface area (Å²) in [5.74, 6) is 0.405. The lowest BCUT2D eigenvalue weighted by Gasteiger charge is -2.31. The number of imide groups is 1. The molecule has 2 saturated heterocycles. The van der Waals surface area contributed by atoms with Gasteiger partial charge in [-0.15, -0.1) is 0 Å². The average molecular weight is 644 g/mol. The Bertz CT molecular complexity index is 1320. The van der Waals surface area contributed by atoms with Crippen LogP contribution in [0.15, 0.2) is 59.2 Å². The molecule has 5 rings (SSSR count). The Morgan fingerprint density at radius 2 is 1.95 bits per heavy atom. The molecule has 2 heterocycles. The molecular weight excluding hydrogens is 609 g/mol. The van der Waals surface area contributed by atoms with Crippen LogP contribution in [-0.2, 0) is 14.3 Å². The van der Waals surface area contributed by atoms with Crippen LogP contribution in [-0.4, -0.2) is 55.3 Å². The zero-order valence-electron chi connectivity index (χ0n) is 22.5. The van der Waals surface area contributed by atoms with Crippen LogP contribution in [0.3, 0.4) is 0 Å². The molecule has 2 fully saturated rings. The Kier molecular flexibility index (Phi) is 8.32. The number of phenolic OH excluding ortho intramolecular Hbond substituents is 1. The zero-order valence-corrected chi connectivity index (χ0v) is 24.6. The third-order valence-corrected chi connectivity index (χ3v) is 9.03. The lowest BCUT2D eigenvalue weighted by atomic mass is 9.69. The van der Waals surface area contributed by atoms with E-state index in [1.165, 1.54) is 10.5 Å². The predicted molar refractivity (Wildman–Crippen MR) is 156 cm³/mol. The van der Waals surface area contributed by atoms with Crippen LogP contribution in [0.1, 0.15) is 38.2 Å². The monoisotopic (exact) mass is 643 g/mol. The molecule has 0 unspecified atom stereocenters. The number of ether oxygens (including phenoxy) is 3. The Labute approximate surface area is 243 Å². The zero-order chi connectivity index (χ0) is 27.7. The third-order valence-electron chi connectivity index (χ3n) is 8.21. The summed E-state index contributed by atoms with van der Waals surface area (Å²) in [7, 11) is 3.14. The fourth-order valence-electron chi connectivity index (χ4n) is 6.19. The normalized spacial score (nSPS) is 24.7. The van der Waals surface area contributed by atoms with Gasteiger partial charge in [0.2, 0.25) is 11.8 Å². The number of rotatable bonds is 9. The lowest BCUT2D eigenvalue weighted by Crippen LogP contribution is -2.35. The van der Waals surface area contributed by atoms with Crippen LogP contribution in [0, 0.1) is 21.3 Å². The first-order valence-electron chi connectivity index (χ1n) is 13.4. The van der Waals surface area contributed by atoms with Crippen molar-refractivity contribution in [2.75, 3.05) is 27.4 Å². The van der Waals surface area contributed by atoms with Crippen molar-refractivity contribution in [1.29, 1.82) is 0 Å². The van der Waals surface area contributed by atoms with Crippen molar-refractivity contribution in [3.63, 3.8) is 0 Å². The van der Waals surface area contributed by atoms with Gasteiger partial charge in [-0.1, -0.05) is 36.8 Å². The summed E-state index contributed by atoms with van der Waals surface area (Å²) < 4.78 is 18.6. The topological polar surface area (TPSA) is 85.3 Å². The summed E-state index contributed by atoms with van der Waals surface area (Å²) in [5, 5.41) is 10.2. The molecule has 0 aromatic heterocycles. The Morgan fingerprint density at radius 3 is 2.67 bits per heavy atom. The maximum Gasteiger partial charge on any atom is 0.233 e. The number of nitrogens with zero attached hydrogens (tertiary/aromatic N) is 1. The van der Waals surface area contributed by atoms with Gasteiger partial charge >= 0.3 is 0 Å². The summed E-state index contributed by atoms with van der Waals surface area (Å²) in [4.78, 5) is 27.3. The van der Waals surface area contributed by atoms with E-state index in [9.17, 15) is 14.7 Å². The van der Waals surface area contributed by atoms with Crippen molar-refractivity contribution in [3.05, 3.63) is 68.3 Å². The minimum atomic E-state index is -0.351. The number of carbonyl (C=O) groups is 2. The summed E-state index contributed by atoms with van der Waals surface area (Å²) in [5.41, 5.74) is 4.48. The molecule has 0 saturated carbocycles. The maximum absolute atomic E-state index is 13.1. The SMILES string of the molecule is CC/C(=C\c1cc(I)c(O)c(OC)c1)CC[C@H]1OC[C@H]2C1=C(COc1ccccc1)C[C@H]1C(=O)N(C)C(=O)[C@H]12. The number of carbonyl (C=O) groups excluding carboxylic acids is 2. The number of para-hydroxylation sites is 1. The van der Waals surface area contributed by atoms with Gasteiger partial charge in [0.15, 0.2) is 11.5 Å². The van der Waals surface area contributed by atoms with E-state index in [1.54, 1.807) is 14.2 Å². The largest absolute Gasteiger partial charge is 0.504 e. The van der Waals surface area contributed by atoms with Gasteiger partial charge in [0.05, 0.1) is 35.2 Å². The first-order valence-corrected chi connectivity index (χ1v) is 14.5. The smallest absolute Gasteiger partial charge is 0.233 e. The molecule has 0 spiro atoms. The minimum Gasteiger partial charge on any atom is -0.504 e. The van der Waals surface area contributed by atoms with E-state index in [4.69, 9.17) is 14.2 Å². The number of likely N-dealkylation sites (tertiary alicyclic amines) is 1. The number of fused-ring (bicyclic) bond motifs is 3. The van der Waals surface area contributed by atoms with E-state index in [-0.39, 0.29) is 41.4 Å². The van der Waals surface area contributed by atoms with Gasteiger partial charge in [0, 0.05) is 13.0 Å². The predicted octanol–water partition coefficient (Wildman–Crippen LogP) is 5.60. The van der Waals surface area contributed by atoms with E-state index < -0.39 is 0 Å². The van der Waals surface area contributed by atoms with E-state index in [1.807, 2.05) is 42.5 Å². The number of hydrogen-bond acceptors (Lipinski definition) is 6. The summed E-state index contributed by atoms with van der Waals surface area (Å²) in [6, 6.07) is 13.5. The van der Waals surface area contributed by atoms with Crippen LogP contribution in [0.2, 0.25) is 0 Å². The fourth-order valence-corrected chi connectivity index (χ4v) is 6.81. The van der Waals surface area contributed by atoms with Gasteiger partial charge in [-0.3, -0.25) is 14.5 Å². The standard InChI is InChI=1S/C31H34INO6/c1-4-18(12-19-13-24(32)29(34)26(14-19)37-3)10-11-25-27-20(16-38-21-8-6-5-7-9-21)15-22-28(23(27)17-39-25)31(36)33(2)30(22)35/h5-9,12-14,22-23,25,28,34H,4,10-11,15-17H2,1-3H3/b18-12+/t22-,23+,25-,28-/m1/s1. The highest BCUT2D eigenvalue weighted by atomic mass is 127. The van der Waals surface area contributed by atoms with Gasteiger partial charge in [0.25, 0.3) is 0 Å². The number of methoxy groups -OCH3 is 1. The van der Waals surface area contributed by atoms with Crippen molar-refractivity contribution in [1.82, 2.24) is 4.90 Å². The van der Waals surface area contributed by atoms with Crippen molar-refractivity contribution in [2.45, 2.75) is 38.7 Å². The van der Waals surface area contributed by atoms with Crippen LogP contribution >= 0.6 is 22.6 Å². The van der Waals surface area contributed by atoms with Gasteiger partial charge in [-0.2, -0.15) is 0 Å². The highest BCUT2D eigenvalue weighted by molar-refractivity contribution is 14.1. The number of hydrogen-bond donors (Lipinski definition) is 1. The summed E-state index contributed by atoms with van der Waals surface area (Å²) in [6.45, 7) is 2.96. The number of halogens is 1. The number of benzene rings is 2. The summed E-state index contributed by atoms with van der Waals surface area (Å²) >= 11 is 2.11. The molecule has 7 nitrogen and oxygen atoms in total. The highest BCUT2D eigenvalue weighted by Crippen LogP contribution is 2.49. The van der Waals surface area contributed by atoms with E-state index in [2.05, 4.69) is 35.6 Å². The molecule has 1 N–H and O–H groups in total. The Morgan fingerprint density at radius 1 is 1.18 bits per heavy atom. The molecule has 4 atom stereocenters. The Hall–Kier alpha value is -2.85. The number of amides is 2. The highest BCUT2D eigenvalue weighted by Gasteiger charge is 2.56. The molecular formula is C31H34INO6. The van der Waals surface area contributed by atoms with Gasteiger partial charge < -0.3 is 19.3 Å². The van der Waals surface area contributed by atoms with Crippen molar-refractivity contribution in [2.24, 2.45) is 17.8 Å². The first-order chi connectivity index (χ1) is 18.8. The number of aromatic hydroxyl groups is 1. The number of allylic oxidation sites excluding steroid dienone is 1.